The second kappa shape index (κ2) is 5.12. The van der Waals surface area contributed by atoms with Crippen LogP contribution in [0.4, 0.5) is 0 Å². The Labute approximate surface area is 94.6 Å². The van der Waals surface area contributed by atoms with Gasteiger partial charge in [0.2, 0.25) is 0 Å². The van der Waals surface area contributed by atoms with Gasteiger partial charge in [0, 0.05) is 18.1 Å². The average molecular weight is 219 g/mol. The van der Waals surface area contributed by atoms with Crippen LogP contribution in [0.5, 0.6) is 0 Å². The Kier molecular flexibility index (Phi) is 3.56. The lowest BCUT2D eigenvalue weighted by molar-refractivity contribution is 0.558. The molecule has 0 saturated heterocycles. The first-order valence-electron chi connectivity index (χ1n) is 5.40. The van der Waals surface area contributed by atoms with Crippen LogP contribution in [0.15, 0.2) is 24.4 Å². The van der Waals surface area contributed by atoms with Crippen molar-refractivity contribution in [3.05, 3.63) is 29.8 Å². The quantitative estimate of drug-likeness (QED) is 0.702. The van der Waals surface area contributed by atoms with Crippen molar-refractivity contribution >= 4 is 11.3 Å². The molecule has 0 amide bonds. The molecule has 0 N–H and O–H groups in total. The number of rotatable bonds is 5. The van der Waals surface area contributed by atoms with Crippen molar-refractivity contribution in [2.24, 2.45) is 0 Å². The van der Waals surface area contributed by atoms with Gasteiger partial charge in [-0.3, -0.25) is 4.68 Å². The molecule has 0 saturated carbocycles. The fraction of sp³-hybridized carbons (Fsp3) is 0.417. The topological polar surface area (TPSA) is 17.8 Å². The zero-order valence-electron chi connectivity index (χ0n) is 8.94. The van der Waals surface area contributed by atoms with E-state index < -0.39 is 0 Å². The number of hydrogen-bond acceptors (Lipinski definition) is 2. The zero-order chi connectivity index (χ0) is 10.5. The predicted octanol–water partition coefficient (Wildman–Crippen LogP) is 3.60. The fourth-order valence-electron chi connectivity index (χ4n) is 1.61. The molecule has 2 heterocycles. The molecule has 3 heteroatoms. The van der Waals surface area contributed by atoms with Gasteiger partial charge in [0.15, 0.2) is 0 Å². The van der Waals surface area contributed by atoms with Crippen molar-refractivity contribution in [1.29, 1.82) is 0 Å². The molecule has 0 aromatic carbocycles. The van der Waals surface area contributed by atoms with Crippen LogP contribution in [0, 0.1) is 5.38 Å². The molecule has 0 atom stereocenters. The molecular formula is C12H15N2S. The van der Waals surface area contributed by atoms with E-state index in [1.807, 2.05) is 12.3 Å². The van der Waals surface area contributed by atoms with E-state index in [0.29, 0.717) is 0 Å². The molecule has 79 valence electrons. The normalized spacial score (nSPS) is 10.7. The van der Waals surface area contributed by atoms with E-state index in [1.54, 1.807) is 11.3 Å². The Balaban J connectivity index is 2.09. The molecular weight excluding hydrogens is 204 g/mol. The van der Waals surface area contributed by atoms with Crippen LogP contribution < -0.4 is 0 Å². The van der Waals surface area contributed by atoms with Crippen LogP contribution in [0.1, 0.15) is 26.2 Å². The summed E-state index contributed by atoms with van der Waals surface area (Å²) in [6, 6.07) is 6.13. The van der Waals surface area contributed by atoms with Gasteiger partial charge in [0.25, 0.3) is 0 Å². The van der Waals surface area contributed by atoms with Gasteiger partial charge in [-0.1, -0.05) is 19.8 Å². The highest BCUT2D eigenvalue weighted by Gasteiger charge is 2.05. The zero-order valence-corrected chi connectivity index (χ0v) is 9.76. The minimum Gasteiger partial charge on any atom is -0.264 e. The lowest BCUT2D eigenvalue weighted by Crippen LogP contribution is -2.01. The largest absolute Gasteiger partial charge is 0.264 e. The van der Waals surface area contributed by atoms with E-state index in [2.05, 4.69) is 34.2 Å². The third kappa shape index (κ3) is 2.48. The van der Waals surface area contributed by atoms with Gasteiger partial charge in [-0.05, 0) is 24.6 Å². The van der Waals surface area contributed by atoms with Crippen LogP contribution in [0.25, 0.3) is 10.6 Å². The van der Waals surface area contributed by atoms with E-state index in [4.69, 9.17) is 0 Å². The van der Waals surface area contributed by atoms with Gasteiger partial charge >= 0.3 is 0 Å². The molecule has 2 aromatic rings. The molecule has 0 unspecified atom stereocenters. The molecule has 2 nitrogen and oxygen atoms in total. The maximum atomic E-state index is 4.35. The molecule has 2 aromatic heterocycles. The van der Waals surface area contributed by atoms with Crippen LogP contribution in [0.3, 0.4) is 0 Å². The molecule has 1 radical (unpaired) electrons. The maximum absolute atomic E-state index is 4.35. The minimum atomic E-state index is 1.02. The van der Waals surface area contributed by atoms with Gasteiger partial charge in [-0.2, -0.15) is 5.10 Å². The molecule has 0 spiro atoms. The first-order valence-corrected chi connectivity index (χ1v) is 6.21. The number of unbranched alkanes of at least 4 members (excludes halogenated alkanes) is 2. The summed E-state index contributed by atoms with van der Waals surface area (Å²) in [5, 5.41) is 7.47. The number of thiophene rings is 1. The van der Waals surface area contributed by atoms with Gasteiger partial charge in [-0.25, -0.2) is 0 Å². The predicted molar refractivity (Wildman–Crippen MR) is 63.9 cm³/mol. The van der Waals surface area contributed by atoms with Crippen molar-refractivity contribution in [3.8, 4) is 10.6 Å². The number of aromatic nitrogens is 2. The summed E-state index contributed by atoms with van der Waals surface area (Å²) in [6.45, 7) is 3.24. The maximum Gasteiger partial charge on any atom is 0.0782 e. The SMILES string of the molecule is CCCCCn1nccc1-c1cc[c]s1. The van der Waals surface area contributed by atoms with E-state index in [0.717, 1.165) is 6.54 Å². The molecule has 0 bridgehead atoms. The third-order valence-electron chi connectivity index (χ3n) is 2.41. The number of nitrogens with zero attached hydrogens (tertiary/aromatic N) is 2. The second-order valence-electron chi connectivity index (χ2n) is 3.56. The summed E-state index contributed by atoms with van der Waals surface area (Å²) in [7, 11) is 0. The first-order chi connectivity index (χ1) is 7.42. The Morgan fingerprint density at radius 1 is 1.40 bits per heavy atom. The van der Waals surface area contributed by atoms with Crippen molar-refractivity contribution in [3.63, 3.8) is 0 Å². The molecule has 2 rings (SSSR count). The molecule has 0 fully saturated rings. The van der Waals surface area contributed by atoms with Crippen molar-refractivity contribution in [1.82, 2.24) is 9.78 Å². The van der Waals surface area contributed by atoms with E-state index >= 15 is 0 Å². The summed E-state index contributed by atoms with van der Waals surface area (Å²) in [5.74, 6) is 0. The van der Waals surface area contributed by atoms with Crippen molar-refractivity contribution < 1.29 is 0 Å². The van der Waals surface area contributed by atoms with E-state index in [1.165, 1.54) is 29.8 Å². The fourth-order valence-corrected chi connectivity index (χ4v) is 2.29. The van der Waals surface area contributed by atoms with Gasteiger partial charge in [0.05, 0.1) is 10.6 Å². The first kappa shape index (κ1) is 10.4. The minimum absolute atomic E-state index is 1.02. The Bertz CT molecular complexity index is 389. The van der Waals surface area contributed by atoms with Crippen molar-refractivity contribution in [2.45, 2.75) is 32.7 Å². The lowest BCUT2D eigenvalue weighted by Gasteiger charge is -2.04. The molecule has 15 heavy (non-hydrogen) atoms. The third-order valence-corrected chi connectivity index (χ3v) is 3.23. The van der Waals surface area contributed by atoms with Gasteiger partial charge < -0.3 is 0 Å². The highest BCUT2D eigenvalue weighted by molar-refractivity contribution is 7.13. The van der Waals surface area contributed by atoms with Gasteiger partial charge in [-0.15, -0.1) is 11.3 Å². The van der Waals surface area contributed by atoms with E-state index in [9.17, 15) is 0 Å². The number of aryl methyl sites for hydroxylation is 1. The van der Waals surface area contributed by atoms with Crippen LogP contribution in [-0.2, 0) is 6.54 Å². The lowest BCUT2D eigenvalue weighted by atomic mass is 10.2. The average Bonchev–Trinajstić information content (AvgIpc) is 2.87. The van der Waals surface area contributed by atoms with Crippen molar-refractivity contribution in [2.75, 3.05) is 0 Å². The van der Waals surface area contributed by atoms with Gasteiger partial charge in [0.1, 0.15) is 0 Å². The summed E-state index contributed by atoms with van der Waals surface area (Å²) in [5.41, 5.74) is 1.22. The molecule has 0 aliphatic rings. The van der Waals surface area contributed by atoms with Crippen LogP contribution in [-0.4, -0.2) is 9.78 Å². The standard InChI is InChI=1S/C12H15N2S/c1-2-3-4-9-14-11(7-8-13-14)12-6-5-10-15-12/h5-8H,2-4,9H2,1H3. The summed E-state index contributed by atoms with van der Waals surface area (Å²) >= 11 is 1.65. The molecule has 0 aliphatic carbocycles. The highest BCUT2D eigenvalue weighted by Crippen LogP contribution is 2.23. The van der Waals surface area contributed by atoms with E-state index in [-0.39, 0.29) is 0 Å². The van der Waals surface area contributed by atoms with Crippen LogP contribution in [0.2, 0.25) is 0 Å². The number of hydrogen-bond donors (Lipinski definition) is 0. The monoisotopic (exact) mass is 219 g/mol. The van der Waals surface area contributed by atoms with Crippen LogP contribution >= 0.6 is 11.3 Å². The summed E-state index contributed by atoms with van der Waals surface area (Å²) in [6.07, 6.45) is 5.61. The Morgan fingerprint density at radius 2 is 2.33 bits per heavy atom. The second-order valence-corrected chi connectivity index (χ2v) is 4.44. The molecule has 0 aliphatic heterocycles. The smallest absolute Gasteiger partial charge is 0.0782 e. The highest BCUT2D eigenvalue weighted by atomic mass is 32.1. The summed E-state index contributed by atoms with van der Waals surface area (Å²) < 4.78 is 2.09. The Morgan fingerprint density at radius 3 is 3.07 bits per heavy atom. The summed E-state index contributed by atoms with van der Waals surface area (Å²) in [4.78, 5) is 1.25. The Hall–Kier alpha value is -1.09.